The quantitative estimate of drug-likeness (QED) is 0.251. The Hall–Kier alpha value is -4.43. The molecule has 0 unspecified atom stereocenters. The van der Waals surface area contributed by atoms with E-state index in [1.54, 1.807) is 68.7 Å². The Morgan fingerprint density at radius 3 is 2.23 bits per heavy atom. The van der Waals surface area contributed by atoms with Crippen molar-refractivity contribution in [2.75, 3.05) is 27.2 Å². The summed E-state index contributed by atoms with van der Waals surface area (Å²) in [5.41, 5.74) is 5.29. The number of likely N-dealkylation sites (tertiary alicyclic amines) is 1. The third kappa shape index (κ3) is 6.81. The Kier molecular flexibility index (Phi) is 8.69. The van der Waals surface area contributed by atoms with Gasteiger partial charge < -0.3 is 14.5 Å². The third-order valence-electron chi connectivity index (χ3n) is 7.73. The normalized spacial score (nSPS) is 14.9. The SMILES string of the molecule is Cc1cccc(C)c1C(=O)N1CC[C@H](Oc2cccc(CS(=O)(=O)c3cccc(-c4cccc(C(=O)N(C)C)c4)c3)c2)C1. The second-order valence-corrected chi connectivity index (χ2v) is 13.3. The maximum Gasteiger partial charge on any atom is 0.254 e. The smallest absolute Gasteiger partial charge is 0.254 e. The van der Waals surface area contributed by atoms with Gasteiger partial charge in [-0.1, -0.05) is 54.6 Å². The average Bonchev–Trinajstić information content (AvgIpc) is 3.45. The van der Waals surface area contributed by atoms with E-state index in [0.29, 0.717) is 42.0 Å². The Bertz CT molecular complexity index is 1760. The van der Waals surface area contributed by atoms with Gasteiger partial charge in [-0.2, -0.15) is 0 Å². The van der Waals surface area contributed by atoms with E-state index in [0.717, 1.165) is 22.3 Å². The van der Waals surface area contributed by atoms with Gasteiger partial charge in [-0.15, -0.1) is 0 Å². The number of ether oxygens (including phenoxy) is 1. The number of benzene rings is 4. The number of hydrogen-bond acceptors (Lipinski definition) is 5. The molecule has 1 aliphatic rings. The van der Waals surface area contributed by atoms with Crippen LogP contribution in [0, 0.1) is 13.8 Å². The average molecular weight is 597 g/mol. The number of sulfone groups is 1. The maximum absolute atomic E-state index is 13.5. The Morgan fingerprint density at radius 1 is 0.860 bits per heavy atom. The van der Waals surface area contributed by atoms with Gasteiger partial charge in [0.25, 0.3) is 11.8 Å². The summed E-state index contributed by atoms with van der Waals surface area (Å²) < 4.78 is 33.2. The number of hydrogen-bond donors (Lipinski definition) is 0. The van der Waals surface area contributed by atoms with Crippen LogP contribution in [0.4, 0.5) is 0 Å². The standard InChI is InChI=1S/C35H36N2O5S/c1-24-9-5-10-25(2)33(24)35(39)37-18-17-31(22-37)42-30-15-6-11-26(19-30)23-43(40,41)32-16-8-13-28(21-32)27-12-7-14-29(20-27)34(38)36(3)4/h5-16,19-21,31H,17-18,22-23H2,1-4H3/t31-/m0/s1. The van der Waals surface area contributed by atoms with Gasteiger partial charge in [-0.3, -0.25) is 9.59 Å². The van der Waals surface area contributed by atoms with E-state index in [2.05, 4.69) is 0 Å². The van der Waals surface area contributed by atoms with Gasteiger partial charge in [-0.25, -0.2) is 8.42 Å². The summed E-state index contributed by atoms with van der Waals surface area (Å²) >= 11 is 0. The van der Waals surface area contributed by atoms with E-state index in [1.807, 2.05) is 55.1 Å². The summed E-state index contributed by atoms with van der Waals surface area (Å²) in [5, 5.41) is 0. The van der Waals surface area contributed by atoms with Crippen molar-refractivity contribution >= 4 is 21.7 Å². The second-order valence-electron chi connectivity index (χ2n) is 11.3. The molecule has 1 saturated heterocycles. The molecule has 0 bridgehead atoms. The van der Waals surface area contributed by atoms with Crippen LogP contribution >= 0.6 is 0 Å². The lowest BCUT2D eigenvalue weighted by Crippen LogP contribution is -2.31. The molecule has 0 aromatic heterocycles. The molecular weight excluding hydrogens is 560 g/mol. The molecule has 0 saturated carbocycles. The van der Waals surface area contributed by atoms with Gasteiger partial charge in [0.2, 0.25) is 0 Å². The van der Waals surface area contributed by atoms with E-state index in [1.165, 1.54) is 4.90 Å². The highest BCUT2D eigenvalue weighted by Crippen LogP contribution is 2.28. The van der Waals surface area contributed by atoms with Crippen LogP contribution in [-0.2, 0) is 15.6 Å². The minimum atomic E-state index is -3.67. The number of amides is 2. The zero-order chi connectivity index (χ0) is 30.7. The van der Waals surface area contributed by atoms with Crippen LogP contribution in [0.25, 0.3) is 11.1 Å². The molecule has 8 heteroatoms. The number of carbonyl (C=O) groups excluding carboxylic acids is 2. The lowest BCUT2D eigenvalue weighted by atomic mass is 10.0. The lowest BCUT2D eigenvalue weighted by Gasteiger charge is -2.20. The van der Waals surface area contributed by atoms with E-state index >= 15 is 0 Å². The summed E-state index contributed by atoms with van der Waals surface area (Å²) in [6.45, 7) is 4.98. The maximum atomic E-state index is 13.5. The first-order valence-electron chi connectivity index (χ1n) is 14.3. The van der Waals surface area contributed by atoms with Crippen LogP contribution in [0.15, 0.2) is 95.9 Å². The zero-order valence-electron chi connectivity index (χ0n) is 24.9. The van der Waals surface area contributed by atoms with Crippen molar-refractivity contribution in [1.82, 2.24) is 9.80 Å². The molecule has 1 heterocycles. The number of aryl methyl sites for hydroxylation is 2. The zero-order valence-corrected chi connectivity index (χ0v) is 25.7. The molecule has 0 aliphatic carbocycles. The minimum absolute atomic E-state index is 0.0137. The monoisotopic (exact) mass is 596 g/mol. The minimum Gasteiger partial charge on any atom is -0.489 e. The molecular formula is C35H36N2O5S. The molecule has 2 amide bonds. The molecule has 222 valence electrons. The van der Waals surface area contributed by atoms with Gasteiger partial charge in [-0.05, 0) is 78.1 Å². The number of rotatable bonds is 8. The topological polar surface area (TPSA) is 84.0 Å². The Morgan fingerprint density at radius 2 is 1.51 bits per heavy atom. The van der Waals surface area contributed by atoms with Crippen molar-refractivity contribution < 1.29 is 22.7 Å². The number of carbonyl (C=O) groups is 2. The fourth-order valence-electron chi connectivity index (χ4n) is 5.48. The molecule has 5 rings (SSSR count). The highest BCUT2D eigenvalue weighted by molar-refractivity contribution is 7.90. The van der Waals surface area contributed by atoms with Crippen molar-refractivity contribution in [3.63, 3.8) is 0 Å². The summed E-state index contributed by atoms with van der Waals surface area (Å²) in [6, 6.07) is 27.0. The van der Waals surface area contributed by atoms with Crippen molar-refractivity contribution in [3.05, 3.63) is 119 Å². The van der Waals surface area contributed by atoms with Crippen molar-refractivity contribution in [2.45, 2.75) is 37.0 Å². The van der Waals surface area contributed by atoms with Crippen molar-refractivity contribution in [1.29, 1.82) is 0 Å². The van der Waals surface area contributed by atoms with E-state index in [9.17, 15) is 18.0 Å². The van der Waals surface area contributed by atoms with Gasteiger partial charge >= 0.3 is 0 Å². The van der Waals surface area contributed by atoms with Gasteiger partial charge in [0.1, 0.15) is 11.9 Å². The van der Waals surface area contributed by atoms with Crippen LogP contribution in [0.1, 0.15) is 43.8 Å². The van der Waals surface area contributed by atoms with Gasteiger partial charge in [0.05, 0.1) is 17.2 Å². The van der Waals surface area contributed by atoms with Crippen LogP contribution in [0.2, 0.25) is 0 Å². The third-order valence-corrected chi connectivity index (χ3v) is 9.41. The highest BCUT2D eigenvalue weighted by Gasteiger charge is 2.30. The Labute approximate surface area is 253 Å². The summed E-state index contributed by atoms with van der Waals surface area (Å²) in [5.74, 6) is 0.287. The van der Waals surface area contributed by atoms with Crippen LogP contribution in [0.5, 0.6) is 5.75 Å². The van der Waals surface area contributed by atoms with Crippen LogP contribution < -0.4 is 4.74 Å². The van der Waals surface area contributed by atoms with Gasteiger partial charge in [0, 0.05) is 38.2 Å². The molecule has 0 spiro atoms. The molecule has 1 atom stereocenters. The summed E-state index contributed by atoms with van der Waals surface area (Å²) in [7, 11) is -0.283. The molecule has 43 heavy (non-hydrogen) atoms. The first kappa shape index (κ1) is 30.0. The first-order valence-corrected chi connectivity index (χ1v) is 15.9. The number of nitrogens with zero attached hydrogens (tertiary/aromatic N) is 2. The second kappa shape index (κ2) is 12.4. The fourth-order valence-corrected chi connectivity index (χ4v) is 6.86. The Balaban J connectivity index is 1.27. The molecule has 0 N–H and O–H groups in total. The van der Waals surface area contributed by atoms with E-state index in [4.69, 9.17) is 4.74 Å². The molecule has 1 aliphatic heterocycles. The fraction of sp³-hybridized carbons (Fsp3) is 0.257. The largest absolute Gasteiger partial charge is 0.489 e. The van der Waals surface area contributed by atoms with E-state index in [-0.39, 0.29) is 28.6 Å². The summed E-state index contributed by atoms with van der Waals surface area (Å²) in [6.07, 6.45) is 0.528. The van der Waals surface area contributed by atoms with Crippen molar-refractivity contribution in [2.24, 2.45) is 0 Å². The first-order chi connectivity index (χ1) is 20.5. The molecule has 0 radical (unpaired) electrons. The van der Waals surface area contributed by atoms with E-state index < -0.39 is 9.84 Å². The molecule has 4 aromatic carbocycles. The summed E-state index contributed by atoms with van der Waals surface area (Å²) in [4.78, 5) is 29.2. The predicted molar refractivity (Wildman–Crippen MR) is 168 cm³/mol. The molecule has 7 nitrogen and oxygen atoms in total. The van der Waals surface area contributed by atoms with Crippen molar-refractivity contribution in [3.8, 4) is 16.9 Å². The predicted octanol–water partition coefficient (Wildman–Crippen LogP) is 5.94. The molecule has 4 aromatic rings. The highest BCUT2D eigenvalue weighted by atomic mass is 32.2. The lowest BCUT2D eigenvalue weighted by molar-refractivity contribution is 0.0770. The van der Waals surface area contributed by atoms with Gasteiger partial charge in [0.15, 0.2) is 9.84 Å². The van der Waals surface area contributed by atoms with Crippen LogP contribution in [-0.4, -0.2) is 63.3 Å². The molecule has 1 fully saturated rings. The van der Waals surface area contributed by atoms with Crippen LogP contribution in [0.3, 0.4) is 0 Å².